The topological polar surface area (TPSA) is 62.7 Å². The van der Waals surface area contributed by atoms with Gasteiger partial charge < -0.3 is 10.3 Å². The Balaban J connectivity index is 1.41. The second kappa shape index (κ2) is 7.98. The molecule has 172 valence electrons. The van der Waals surface area contributed by atoms with E-state index in [0.29, 0.717) is 32.9 Å². The van der Waals surface area contributed by atoms with Crippen molar-refractivity contribution in [3.8, 4) is 0 Å². The highest BCUT2D eigenvalue weighted by Gasteiger charge is 2.29. The van der Waals surface area contributed by atoms with Gasteiger partial charge in [0.2, 0.25) is 0 Å². The van der Waals surface area contributed by atoms with Gasteiger partial charge in [-0.3, -0.25) is 9.48 Å². The zero-order valence-corrected chi connectivity index (χ0v) is 17.3. The summed E-state index contributed by atoms with van der Waals surface area (Å²) in [6, 6.07) is 11.7. The zero-order valence-electron chi connectivity index (χ0n) is 17.3. The molecule has 0 unspecified atom stereocenters. The van der Waals surface area contributed by atoms with Gasteiger partial charge in [0.25, 0.3) is 5.91 Å². The molecule has 2 N–H and O–H groups in total. The lowest BCUT2D eigenvalue weighted by atomic mass is 10.1. The number of benzene rings is 3. The molecular formula is C24H15F5N4O. The van der Waals surface area contributed by atoms with Crippen molar-refractivity contribution in [1.82, 2.24) is 14.8 Å². The maximum Gasteiger partial charge on any atom is 0.416 e. The number of aromatic nitrogens is 3. The monoisotopic (exact) mass is 470 g/mol. The molecule has 3 aromatic carbocycles. The van der Waals surface area contributed by atoms with Crippen LogP contribution >= 0.6 is 0 Å². The van der Waals surface area contributed by atoms with Gasteiger partial charge in [-0.15, -0.1) is 0 Å². The van der Waals surface area contributed by atoms with Crippen molar-refractivity contribution in [1.29, 1.82) is 0 Å². The van der Waals surface area contributed by atoms with E-state index in [1.165, 1.54) is 23.0 Å². The lowest BCUT2D eigenvalue weighted by Crippen LogP contribution is -2.11. The minimum Gasteiger partial charge on any atom is -0.359 e. The van der Waals surface area contributed by atoms with Crippen LogP contribution in [0.15, 0.2) is 67.0 Å². The number of carbonyl (C=O) groups excluding carboxylic acids is 1. The fourth-order valence-electron chi connectivity index (χ4n) is 3.77. The van der Waals surface area contributed by atoms with Crippen molar-refractivity contribution in [3.05, 3.63) is 95.3 Å². The average molecular weight is 470 g/mol. The molecule has 1 amide bonds. The molecule has 0 saturated heterocycles. The predicted octanol–water partition coefficient (Wildman–Crippen LogP) is 6.12. The summed E-state index contributed by atoms with van der Waals surface area (Å²) in [6.07, 6.45) is -1.34. The third kappa shape index (κ3) is 3.98. The molecule has 2 aromatic heterocycles. The van der Waals surface area contributed by atoms with E-state index in [2.05, 4.69) is 15.4 Å². The Bertz CT molecular complexity index is 1530. The number of H-pyrrole nitrogens is 1. The number of hydrogen-bond acceptors (Lipinski definition) is 2. The molecule has 34 heavy (non-hydrogen) atoms. The van der Waals surface area contributed by atoms with Gasteiger partial charge in [-0.25, -0.2) is 8.78 Å². The Morgan fingerprint density at radius 2 is 1.74 bits per heavy atom. The Morgan fingerprint density at radius 3 is 2.47 bits per heavy atom. The number of amides is 1. The summed E-state index contributed by atoms with van der Waals surface area (Å²) >= 11 is 0. The molecule has 0 saturated carbocycles. The third-order valence-corrected chi connectivity index (χ3v) is 5.44. The summed E-state index contributed by atoms with van der Waals surface area (Å²) < 4.78 is 67.0. The molecule has 0 atom stereocenters. The first kappa shape index (κ1) is 21.6. The van der Waals surface area contributed by atoms with E-state index < -0.39 is 29.3 Å². The van der Waals surface area contributed by atoms with Crippen molar-refractivity contribution >= 4 is 33.4 Å². The maximum absolute atomic E-state index is 13.7. The Kier molecular flexibility index (Phi) is 5.07. The molecule has 5 nitrogen and oxygen atoms in total. The molecule has 0 radical (unpaired) electrons. The lowest BCUT2D eigenvalue weighted by Gasteiger charge is -2.07. The lowest BCUT2D eigenvalue weighted by molar-refractivity contribution is -0.137. The number of nitrogens with one attached hydrogen (secondary N) is 2. The van der Waals surface area contributed by atoms with Gasteiger partial charge in [0.1, 0.15) is 0 Å². The maximum atomic E-state index is 13.7. The smallest absolute Gasteiger partial charge is 0.359 e. The van der Waals surface area contributed by atoms with Crippen LogP contribution in [0.5, 0.6) is 0 Å². The number of nitrogens with zero attached hydrogens (tertiary/aromatic N) is 2. The summed E-state index contributed by atoms with van der Waals surface area (Å²) in [5.74, 6) is -2.52. The summed E-state index contributed by atoms with van der Waals surface area (Å²) in [7, 11) is 0. The first-order valence-corrected chi connectivity index (χ1v) is 10.1. The van der Waals surface area contributed by atoms with Gasteiger partial charge in [-0.05, 0) is 35.9 Å². The SMILES string of the molecule is O=C(Nc1c[nH]c2cc(F)c(F)cc12)c1cccc2nn(Cc3ccc(C(F)(F)F)cc3)cc12. The number of carbonyl (C=O) groups is 1. The van der Waals surface area contributed by atoms with E-state index in [-0.39, 0.29) is 12.2 Å². The second-order valence-electron chi connectivity index (χ2n) is 7.73. The number of anilines is 1. The number of rotatable bonds is 4. The number of alkyl halides is 3. The van der Waals surface area contributed by atoms with E-state index in [1.54, 1.807) is 24.4 Å². The van der Waals surface area contributed by atoms with Gasteiger partial charge in [0.15, 0.2) is 11.6 Å². The second-order valence-corrected chi connectivity index (χ2v) is 7.73. The van der Waals surface area contributed by atoms with E-state index in [0.717, 1.165) is 24.3 Å². The molecular weight excluding hydrogens is 455 g/mol. The quantitative estimate of drug-likeness (QED) is 0.311. The van der Waals surface area contributed by atoms with Gasteiger partial charge in [-0.1, -0.05) is 18.2 Å². The van der Waals surface area contributed by atoms with Crippen LogP contribution in [0.3, 0.4) is 0 Å². The fourth-order valence-corrected chi connectivity index (χ4v) is 3.77. The molecule has 5 rings (SSSR count). The van der Waals surface area contributed by atoms with E-state index in [4.69, 9.17) is 0 Å². The highest BCUT2D eigenvalue weighted by Crippen LogP contribution is 2.30. The summed E-state index contributed by atoms with van der Waals surface area (Å²) in [6.45, 7) is 0.209. The van der Waals surface area contributed by atoms with Crippen LogP contribution < -0.4 is 5.32 Å². The van der Waals surface area contributed by atoms with Crippen molar-refractivity contribution < 1.29 is 26.7 Å². The number of fused-ring (bicyclic) bond motifs is 2. The fraction of sp³-hybridized carbons (Fsp3) is 0.0833. The normalized spacial score (nSPS) is 11.9. The van der Waals surface area contributed by atoms with Crippen LogP contribution in [0, 0.1) is 11.6 Å². The molecule has 0 aliphatic carbocycles. The van der Waals surface area contributed by atoms with Gasteiger partial charge in [-0.2, -0.15) is 18.3 Å². The van der Waals surface area contributed by atoms with Gasteiger partial charge >= 0.3 is 6.18 Å². The van der Waals surface area contributed by atoms with Crippen LogP contribution in [-0.2, 0) is 12.7 Å². The van der Waals surface area contributed by atoms with Crippen LogP contribution in [0.2, 0.25) is 0 Å². The van der Waals surface area contributed by atoms with Gasteiger partial charge in [0.05, 0.1) is 34.4 Å². The number of hydrogen-bond donors (Lipinski definition) is 2. The molecule has 5 aromatic rings. The third-order valence-electron chi connectivity index (χ3n) is 5.44. The molecule has 10 heteroatoms. The van der Waals surface area contributed by atoms with Crippen LogP contribution in [-0.4, -0.2) is 20.7 Å². The minimum absolute atomic E-state index is 0.209. The number of aromatic amines is 1. The van der Waals surface area contributed by atoms with E-state index in [9.17, 15) is 26.7 Å². The minimum atomic E-state index is -4.41. The van der Waals surface area contributed by atoms with E-state index >= 15 is 0 Å². The predicted molar refractivity (Wildman–Crippen MR) is 116 cm³/mol. The largest absolute Gasteiger partial charge is 0.416 e. The average Bonchev–Trinajstić information content (AvgIpc) is 3.37. The Morgan fingerprint density at radius 1 is 1.00 bits per heavy atom. The van der Waals surface area contributed by atoms with Crippen LogP contribution in [0.25, 0.3) is 21.8 Å². The van der Waals surface area contributed by atoms with Crippen molar-refractivity contribution in [2.24, 2.45) is 0 Å². The highest BCUT2D eigenvalue weighted by molar-refractivity contribution is 6.14. The standard InChI is InChI=1S/C24H15F5N4O/c25-18-8-16-21(9-19(18)26)30-10-22(16)31-23(34)15-2-1-3-20-17(15)12-33(32-20)11-13-4-6-14(7-5-13)24(27,28)29/h1-10,12,30H,11H2,(H,31,34). The molecule has 0 aliphatic heterocycles. The van der Waals surface area contributed by atoms with Crippen molar-refractivity contribution in [2.75, 3.05) is 5.32 Å². The summed E-state index contributed by atoms with van der Waals surface area (Å²) in [5.41, 5.74) is 1.31. The molecule has 0 spiro atoms. The van der Waals surface area contributed by atoms with E-state index in [1.807, 2.05) is 0 Å². The molecule has 0 aliphatic rings. The van der Waals surface area contributed by atoms with Gasteiger partial charge in [0, 0.05) is 29.2 Å². The first-order chi connectivity index (χ1) is 16.2. The number of halogens is 5. The molecule has 0 bridgehead atoms. The molecule has 0 fully saturated rings. The first-order valence-electron chi connectivity index (χ1n) is 10.1. The summed E-state index contributed by atoms with van der Waals surface area (Å²) in [5, 5.41) is 7.95. The highest BCUT2D eigenvalue weighted by atomic mass is 19.4. The zero-order chi connectivity index (χ0) is 24.0. The molecule has 2 heterocycles. The van der Waals surface area contributed by atoms with Crippen LogP contribution in [0.1, 0.15) is 21.5 Å². The summed E-state index contributed by atoms with van der Waals surface area (Å²) in [4.78, 5) is 15.8. The van der Waals surface area contributed by atoms with Crippen molar-refractivity contribution in [3.63, 3.8) is 0 Å². The Hall–Kier alpha value is -4.21. The van der Waals surface area contributed by atoms with Crippen molar-refractivity contribution in [2.45, 2.75) is 12.7 Å². The Labute approximate surface area is 188 Å². The van der Waals surface area contributed by atoms with Crippen LogP contribution in [0.4, 0.5) is 27.6 Å².